The number of rotatable bonds is 1. The second-order valence-corrected chi connectivity index (χ2v) is 8.06. The smallest absolute Gasteiger partial charge is 0.399 e. The van der Waals surface area contributed by atoms with Gasteiger partial charge in [-0.3, -0.25) is 4.90 Å². The number of alkyl halides is 3. The Bertz CT molecular complexity index is 1080. The van der Waals surface area contributed by atoms with Crippen LogP contribution in [0, 0.1) is 45.3 Å². The third kappa shape index (κ3) is 2.56. The second kappa shape index (κ2) is 6.62. The Kier molecular flexibility index (Phi) is 4.42. The van der Waals surface area contributed by atoms with Gasteiger partial charge in [0.05, 0.1) is 29.0 Å². The molecular formula is C22H18F3N5. The molecule has 4 atom stereocenters. The van der Waals surface area contributed by atoms with Gasteiger partial charge in [0, 0.05) is 23.9 Å². The minimum absolute atomic E-state index is 0.0937. The van der Waals surface area contributed by atoms with E-state index in [0.29, 0.717) is 5.57 Å². The van der Waals surface area contributed by atoms with Gasteiger partial charge in [-0.25, -0.2) is 0 Å². The molecule has 0 spiro atoms. The van der Waals surface area contributed by atoms with Crippen molar-refractivity contribution in [1.82, 2.24) is 4.90 Å². The number of allylic oxidation sites excluding steroid dienone is 2. The number of benzene rings is 1. The molecule has 5 nitrogen and oxygen atoms in total. The molecule has 1 aromatic rings. The van der Waals surface area contributed by atoms with Gasteiger partial charge in [0.2, 0.25) is 0 Å². The first kappa shape index (κ1) is 20.0. The van der Waals surface area contributed by atoms with E-state index < -0.39 is 29.0 Å². The van der Waals surface area contributed by atoms with Gasteiger partial charge in [0.15, 0.2) is 5.41 Å². The van der Waals surface area contributed by atoms with Gasteiger partial charge in [0.25, 0.3) is 0 Å². The van der Waals surface area contributed by atoms with Crippen molar-refractivity contribution in [3.05, 3.63) is 58.3 Å². The number of hydrogen-bond acceptors (Lipinski definition) is 5. The van der Waals surface area contributed by atoms with Gasteiger partial charge in [-0.2, -0.15) is 29.0 Å². The number of nitrogens with zero attached hydrogens (tertiary/aromatic N) is 4. The summed E-state index contributed by atoms with van der Waals surface area (Å²) in [5.74, 6) is -1.41. The van der Waals surface area contributed by atoms with Crippen LogP contribution >= 0.6 is 0 Å². The Balaban J connectivity index is 2.03. The van der Waals surface area contributed by atoms with E-state index in [1.165, 1.54) is 12.1 Å². The highest BCUT2D eigenvalue weighted by atomic mass is 19.4. The summed E-state index contributed by atoms with van der Waals surface area (Å²) in [5, 5.41) is 29.9. The van der Waals surface area contributed by atoms with E-state index in [9.17, 15) is 29.0 Å². The highest BCUT2D eigenvalue weighted by Crippen LogP contribution is 2.58. The fraction of sp³-hybridized carbons (Fsp3) is 0.409. The Hall–Kier alpha value is -3.28. The Morgan fingerprint density at radius 2 is 1.87 bits per heavy atom. The van der Waals surface area contributed by atoms with Crippen LogP contribution in [0.4, 0.5) is 13.2 Å². The summed E-state index contributed by atoms with van der Waals surface area (Å²) < 4.78 is 40.2. The van der Waals surface area contributed by atoms with Crippen molar-refractivity contribution in [2.75, 3.05) is 7.05 Å². The molecule has 1 fully saturated rings. The first-order chi connectivity index (χ1) is 14.2. The summed E-state index contributed by atoms with van der Waals surface area (Å²) in [6, 6.07) is 10.7. The van der Waals surface area contributed by atoms with Crippen LogP contribution < -0.4 is 5.73 Å². The van der Waals surface area contributed by atoms with E-state index in [4.69, 9.17) is 5.73 Å². The lowest BCUT2D eigenvalue weighted by Gasteiger charge is -2.48. The molecule has 30 heavy (non-hydrogen) atoms. The third-order valence-corrected chi connectivity index (χ3v) is 6.80. The van der Waals surface area contributed by atoms with E-state index in [-0.39, 0.29) is 28.9 Å². The molecule has 2 aliphatic heterocycles. The normalized spacial score (nSPS) is 30.0. The predicted molar refractivity (Wildman–Crippen MR) is 101 cm³/mol. The topological polar surface area (TPSA) is 101 Å². The average molecular weight is 409 g/mol. The summed E-state index contributed by atoms with van der Waals surface area (Å²) >= 11 is 0. The molecule has 152 valence electrons. The zero-order valence-corrected chi connectivity index (χ0v) is 16.1. The molecule has 2 N–H and O–H groups in total. The van der Waals surface area contributed by atoms with Gasteiger partial charge in [-0.15, -0.1) is 0 Å². The van der Waals surface area contributed by atoms with Crippen LogP contribution in [0.5, 0.6) is 0 Å². The Morgan fingerprint density at radius 1 is 1.17 bits per heavy atom. The fourth-order valence-corrected chi connectivity index (χ4v) is 5.37. The van der Waals surface area contributed by atoms with Crippen LogP contribution in [-0.2, 0) is 6.18 Å². The minimum Gasteiger partial charge on any atom is -0.399 e. The van der Waals surface area contributed by atoms with Crippen molar-refractivity contribution in [1.29, 1.82) is 15.8 Å². The van der Waals surface area contributed by atoms with Crippen LogP contribution in [0.25, 0.3) is 0 Å². The number of likely N-dealkylation sites (N-methyl/N-ethyl adjacent to an activating group) is 1. The van der Waals surface area contributed by atoms with Crippen LogP contribution in [0.1, 0.15) is 29.9 Å². The van der Waals surface area contributed by atoms with Crippen molar-refractivity contribution in [2.24, 2.45) is 17.1 Å². The summed E-state index contributed by atoms with van der Waals surface area (Å²) in [7, 11) is 1.92. The maximum absolute atomic E-state index is 13.4. The van der Waals surface area contributed by atoms with Gasteiger partial charge >= 0.3 is 6.18 Å². The molecule has 2 bridgehead atoms. The third-order valence-electron chi connectivity index (χ3n) is 6.80. The standard InChI is InChI=1S/C22H18F3N5/c1-30-14-5-6-17(30)18-15(8-14)16(9-26)20(29)21(10-27,11-28)19(18)12-3-2-4-13(7-12)22(23,24)25/h2-4,7-8,14,17-19H,5-6,29H2,1H3/t14-,17-,18+,19+/m1/s1. The molecule has 1 saturated heterocycles. The van der Waals surface area contributed by atoms with Crippen molar-refractivity contribution in [2.45, 2.75) is 37.0 Å². The average Bonchev–Trinajstić information content (AvgIpc) is 2.95. The van der Waals surface area contributed by atoms with Crippen molar-refractivity contribution < 1.29 is 13.2 Å². The molecular weight excluding hydrogens is 391 g/mol. The van der Waals surface area contributed by atoms with Crippen LogP contribution in [0.2, 0.25) is 0 Å². The maximum Gasteiger partial charge on any atom is 0.416 e. The lowest BCUT2D eigenvalue weighted by molar-refractivity contribution is -0.137. The number of halogens is 3. The second-order valence-electron chi connectivity index (χ2n) is 8.06. The molecule has 4 rings (SSSR count). The number of hydrogen-bond donors (Lipinski definition) is 1. The molecule has 8 heteroatoms. The summed E-state index contributed by atoms with van der Waals surface area (Å²) in [6.07, 6.45) is -1.04. The SMILES string of the molecule is CN1[C@@H]2CC[C@@H]1C=C1C(C#N)=C(N)C(C#N)(C#N)[C@@H](c3cccc(C(F)(F)F)c3)[C@@H]12. The molecule has 0 unspecified atom stereocenters. The number of fused-ring (bicyclic) bond motifs is 4. The monoisotopic (exact) mass is 409 g/mol. The van der Waals surface area contributed by atoms with Crippen LogP contribution in [0.15, 0.2) is 47.2 Å². The minimum atomic E-state index is -4.56. The van der Waals surface area contributed by atoms with E-state index >= 15 is 0 Å². The van der Waals surface area contributed by atoms with Gasteiger partial charge in [-0.05, 0) is 37.1 Å². The quantitative estimate of drug-likeness (QED) is 0.764. The largest absolute Gasteiger partial charge is 0.416 e. The van der Waals surface area contributed by atoms with E-state index in [1.54, 1.807) is 0 Å². The van der Waals surface area contributed by atoms with Gasteiger partial charge in [-0.1, -0.05) is 24.3 Å². The first-order valence-corrected chi connectivity index (χ1v) is 9.53. The Morgan fingerprint density at radius 3 is 2.47 bits per heavy atom. The zero-order chi connectivity index (χ0) is 21.8. The lowest BCUT2D eigenvalue weighted by atomic mass is 9.56. The van der Waals surface area contributed by atoms with Crippen LogP contribution in [-0.4, -0.2) is 24.0 Å². The summed E-state index contributed by atoms with van der Waals surface area (Å²) in [4.78, 5) is 2.12. The highest BCUT2D eigenvalue weighted by molar-refractivity contribution is 5.60. The van der Waals surface area contributed by atoms with Crippen LogP contribution in [0.3, 0.4) is 0 Å². The first-order valence-electron chi connectivity index (χ1n) is 9.53. The molecule has 0 radical (unpaired) electrons. The van der Waals surface area contributed by atoms with Gasteiger partial charge in [0.1, 0.15) is 6.07 Å². The van der Waals surface area contributed by atoms with E-state index in [1.807, 2.05) is 25.3 Å². The molecule has 1 aromatic carbocycles. The van der Waals surface area contributed by atoms with E-state index in [2.05, 4.69) is 11.0 Å². The van der Waals surface area contributed by atoms with Crippen molar-refractivity contribution in [3.63, 3.8) is 0 Å². The summed E-state index contributed by atoms with van der Waals surface area (Å²) in [6.45, 7) is 0. The molecule has 2 heterocycles. The summed E-state index contributed by atoms with van der Waals surface area (Å²) in [5.41, 5.74) is 4.24. The van der Waals surface area contributed by atoms with E-state index in [0.717, 1.165) is 25.0 Å². The fourth-order valence-electron chi connectivity index (χ4n) is 5.37. The highest BCUT2D eigenvalue weighted by Gasteiger charge is 2.58. The number of nitriles is 3. The zero-order valence-electron chi connectivity index (χ0n) is 16.1. The number of nitrogens with two attached hydrogens (primary N) is 1. The van der Waals surface area contributed by atoms with Crippen molar-refractivity contribution in [3.8, 4) is 18.2 Å². The van der Waals surface area contributed by atoms with Crippen molar-refractivity contribution >= 4 is 0 Å². The molecule has 0 saturated carbocycles. The molecule has 3 aliphatic rings. The maximum atomic E-state index is 13.4. The molecule has 1 aliphatic carbocycles. The molecule has 0 aromatic heterocycles. The predicted octanol–water partition coefficient (Wildman–Crippen LogP) is 3.59. The van der Waals surface area contributed by atoms with Gasteiger partial charge < -0.3 is 5.73 Å². The Labute approximate surface area is 172 Å². The lowest BCUT2D eigenvalue weighted by Crippen LogP contribution is -2.51. The molecule has 0 amide bonds.